The van der Waals surface area contributed by atoms with Crippen LogP contribution < -0.4 is 5.73 Å². The number of aromatic hydroxyl groups is 2. The van der Waals surface area contributed by atoms with Crippen molar-refractivity contribution >= 4 is 6.16 Å². The van der Waals surface area contributed by atoms with Crippen molar-refractivity contribution in [3.05, 3.63) is 23.8 Å². The Morgan fingerprint density at radius 1 is 1.20 bits per heavy atom. The summed E-state index contributed by atoms with van der Waals surface area (Å²) in [5.41, 5.74) is 6.24. The average Bonchev–Trinajstić information content (AvgIpc) is 2.11. The molecular weight excluding hydrogens is 202 g/mol. The first-order valence-electron chi connectivity index (χ1n) is 4.10. The minimum atomic E-state index is -1.83. The summed E-state index contributed by atoms with van der Waals surface area (Å²) in [5.74, 6) is -0.179. The third-order valence-corrected chi connectivity index (χ3v) is 1.47. The van der Waals surface area contributed by atoms with E-state index < -0.39 is 6.16 Å². The minimum absolute atomic E-state index is 0.0871. The Labute approximate surface area is 86.2 Å². The predicted octanol–water partition coefficient (Wildman–Crippen LogP) is 0.821. The van der Waals surface area contributed by atoms with Crippen LogP contribution in [-0.4, -0.2) is 33.1 Å². The maximum absolute atomic E-state index is 9.04. The molecule has 0 aliphatic rings. The van der Waals surface area contributed by atoms with Gasteiger partial charge in [0.15, 0.2) is 11.5 Å². The predicted molar refractivity (Wildman–Crippen MR) is 53.2 cm³/mol. The lowest BCUT2D eigenvalue weighted by atomic mass is 10.1. The summed E-state index contributed by atoms with van der Waals surface area (Å²) in [6, 6.07) is 4.71. The molecule has 0 saturated carbocycles. The Bertz CT molecular complexity index is 322. The number of phenols is 2. The van der Waals surface area contributed by atoms with E-state index in [-0.39, 0.29) is 11.5 Å². The second-order valence-electron chi connectivity index (χ2n) is 2.64. The topological polar surface area (TPSA) is 124 Å². The molecule has 0 spiro atoms. The number of hydrogen-bond acceptors (Lipinski definition) is 4. The van der Waals surface area contributed by atoms with Crippen LogP contribution in [0.1, 0.15) is 5.56 Å². The molecule has 0 bridgehead atoms. The second-order valence-corrected chi connectivity index (χ2v) is 2.64. The van der Waals surface area contributed by atoms with E-state index in [1.807, 2.05) is 0 Å². The Hall–Kier alpha value is -1.95. The fourth-order valence-electron chi connectivity index (χ4n) is 0.891. The summed E-state index contributed by atoms with van der Waals surface area (Å²) in [7, 11) is 0. The van der Waals surface area contributed by atoms with Gasteiger partial charge in [-0.15, -0.1) is 0 Å². The van der Waals surface area contributed by atoms with E-state index in [2.05, 4.69) is 0 Å². The third-order valence-electron chi connectivity index (χ3n) is 1.47. The van der Waals surface area contributed by atoms with E-state index in [4.69, 9.17) is 31.0 Å². The van der Waals surface area contributed by atoms with E-state index in [9.17, 15) is 0 Å². The van der Waals surface area contributed by atoms with Crippen molar-refractivity contribution in [3.8, 4) is 11.5 Å². The van der Waals surface area contributed by atoms with Crippen molar-refractivity contribution in [2.75, 3.05) is 6.54 Å². The zero-order valence-electron chi connectivity index (χ0n) is 7.92. The van der Waals surface area contributed by atoms with Crippen LogP contribution in [0.4, 0.5) is 4.79 Å². The number of hydrogen-bond donors (Lipinski definition) is 5. The Kier molecular flexibility index (Phi) is 5.65. The molecular formula is C9H13NO5. The van der Waals surface area contributed by atoms with Gasteiger partial charge in [0.25, 0.3) is 0 Å². The van der Waals surface area contributed by atoms with Crippen LogP contribution in [0.2, 0.25) is 0 Å². The van der Waals surface area contributed by atoms with Gasteiger partial charge in [-0.2, -0.15) is 0 Å². The molecule has 1 aromatic carbocycles. The zero-order valence-corrected chi connectivity index (χ0v) is 7.92. The lowest BCUT2D eigenvalue weighted by molar-refractivity contribution is 0.137. The first-order chi connectivity index (χ1) is 6.97. The van der Waals surface area contributed by atoms with Gasteiger partial charge in [-0.05, 0) is 30.7 Å². The molecule has 0 unspecified atom stereocenters. The van der Waals surface area contributed by atoms with Crippen LogP contribution in [0.15, 0.2) is 18.2 Å². The lowest BCUT2D eigenvalue weighted by Crippen LogP contribution is -2.02. The normalized spacial score (nSPS) is 8.87. The van der Waals surface area contributed by atoms with E-state index in [0.717, 1.165) is 5.56 Å². The maximum Gasteiger partial charge on any atom is 0.503 e. The van der Waals surface area contributed by atoms with Gasteiger partial charge in [-0.1, -0.05) is 6.07 Å². The fourth-order valence-corrected chi connectivity index (χ4v) is 0.891. The van der Waals surface area contributed by atoms with E-state index >= 15 is 0 Å². The van der Waals surface area contributed by atoms with Crippen molar-refractivity contribution in [1.29, 1.82) is 0 Å². The van der Waals surface area contributed by atoms with Crippen LogP contribution in [-0.2, 0) is 6.42 Å². The molecule has 6 nitrogen and oxygen atoms in total. The van der Waals surface area contributed by atoms with Gasteiger partial charge in [0.2, 0.25) is 0 Å². The molecule has 84 valence electrons. The van der Waals surface area contributed by atoms with Crippen LogP contribution >= 0.6 is 0 Å². The molecule has 15 heavy (non-hydrogen) atoms. The van der Waals surface area contributed by atoms with Gasteiger partial charge < -0.3 is 26.2 Å². The van der Waals surface area contributed by atoms with Crippen LogP contribution in [0.3, 0.4) is 0 Å². The van der Waals surface area contributed by atoms with E-state index in [0.29, 0.717) is 13.0 Å². The van der Waals surface area contributed by atoms with E-state index in [1.54, 1.807) is 6.07 Å². The number of carboxylic acid groups (broad SMARTS) is 2. The summed E-state index contributed by atoms with van der Waals surface area (Å²) in [6.07, 6.45) is -1.12. The van der Waals surface area contributed by atoms with Crippen molar-refractivity contribution in [2.45, 2.75) is 6.42 Å². The average molecular weight is 215 g/mol. The number of rotatable bonds is 2. The summed E-state index contributed by atoms with van der Waals surface area (Å²) in [5, 5.41) is 31.9. The summed E-state index contributed by atoms with van der Waals surface area (Å²) < 4.78 is 0. The molecule has 0 fully saturated rings. The first kappa shape index (κ1) is 13.1. The highest BCUT2D eigenvalue weighted by Crippen LogP contribution is 2.24. The highest BCUT2D eigenvalue weighted by Gasteiger charge is 1.98. The van der Waals surface area contributed by atoms with Crippen molar-refractivity contribution in [2.24, 2.45) is 5.73 Å². The molecule has 0 atom stereocenters. The van der Waals surface area contributed by atoms with Crippen molar-refractivity contribution in [1.82, 2.24) is 0 Å². The molecule has 1 aromatic rings. The minimum Gasteiger partial charge on any atom is -0.504 e. The number of benzene rings is 1. The Morgan fingerprint density at radius 2 is 1.73 bits per heavy atom. The summed E-state index contributed by atoms with van der Waals surface area (Å²) in [4.78, 5) is 8.56. The number of phenolic OH excluding ortho intramolecular Hbond substituents is 2. The first-order valence-corrected chi connectivity index (χ1v) is 4.10. The monoisotopic (exact) mass is 215 g/mol. The van der Waals surface area contributed by atoms with Gasteiger partial charge in [0.1, 0.15) is 0 Å². The van der Waals surface area contributed by atoms with Gasteiger partial charge >= 0.3 is 6.16 Å². The van der Waals surface area contributed by atoms with Crippen LogP contribution in [0.5, 0.6) is 11.5 Å². The molecule has 6 heteroatoms. The highest BCUT2D eigenvalue weighted by molar-refractivity contribution is 5.53. The molecule has 0 amide bonds. The van der Waals surface area contributed by atoms with Gasteiger partial charge in [0, 0.05) is 0 Å². The second kappa shape index (κ2) is 6.50. The Balaban J connectivity index is 0.000000423. The maximum atomic E-state index is 9.04. The summed E-state index contributed by atoms with van der Waals surface area (Å²) >= 11 is 0. The quantitative estimate of drug-likeness (QED) is 0.465. The number of carbonyl (C=O) groups is 1. The highest BCUT2D eigenvalue weighted by atomic mass is 16.6. The molecule has 0 radical (unpaired) electrons. The fraction of sp³-hybridized carbons (Fsp3) is 0.222. The largest absolute Gasteiger partial charge is 0.504 e. The van der Waals surface area contributed by atoms with E-state index in [1.165, 1.54) is 12.1 Å². The molecule has 1 rings (SSSR count). The smallest absolute Gasteiger partial charge is 0.503 e. The summed E-state index contributed by atoms with van der Waals surface area (Å²) in [6.45, 7) is 0.546. The molecule has 0 saturated heterocycles. The van der Waals surface area contributed by atoms with Gasteiger partial charge in [-0.25, -0.2) is 4.79 Å². The van der Waals surface area contributed by atoms with Crippen LogP contribution in [0, 0.1) is 0 Å². The third kappa shape index (κ3) is 6.17. The molecule has 0 heterocycles. The molecule has 0 aliphatic carbocycles. The molecule has 6 N–H and O–H groups in total. The van der Waals surface area contributed by atoms with Crippen molar-refractivity contribution in [3.63, 3.8) is 0 Å². The molecule has 0 aromatic heterocycles. The SMILES string of the molecule is NCCc1ccc(O)c(O)c1.O=C(O)O. The molecule has 0 aliphatic heterocycles. The van der Waals surface area contributed by atoms with Crippen LogP contribution in [0.25, 0.3) is 0 Å². The lowest BCUT2D eigenvalue weighted by Gasteiger charge is -2.00. The van der Waals surface area contributed by atoms with Gasteiger partial charge in [0.05, 0.1) is 0 Å². The standard InChI is InChI=1S/C8H11NO2.CH2O3/c9-4-3-6-1-2-7(10)8(11)5-6;2-1(3)4/h1-2,5,10-11H,3-4,9H2;(H2,2,3,4). The Morgan fingerprint density at radius 3 is 2.13 bits per heavy atom. The van der Waals surface area contributed by atoms with Crippen molar-refractivity contribution < 1.29 is 25.2 Å². The van der Waals surface area contributed by atoms with Gasteiger partial charge in [-0.3, -0.25) is 0 Å². The number of nitrogens with two attached hydrogens (primary N) is 1. The zero-order chi connectivity index (χ0) is 11.8.